The van der Waals surface area contributed by atoms with Gasteiger partial charge >= 0.3 is 7.60 Å². The molecule has 34 heavy (non-hydrogen) atoms. The highest BCUT2D eigenvalue weighted by Crippen LogP contribution is 2.49. The van der Waals surface area contributed by atoms with Crippen LogP contribution in [-0.2, 0) is 30.1 Å². The molecule has 8 nitrogen and oxygen atoms in total. The number of nitrogens with one attached hydrogen (secondary N) is 1. The molecule has 0 spiro atoms. The number of hydrogen-bond acceptors (Lipinski definition) is 8. The predicted molar refractivity (Wildman–Crippen MR) is 130 cm³/mol. The molecule has 2 rings (SSSR count). The average Bonchev–Trinajstić information content (AvgIpc) is 3.20. The molecule has 0 radical (unpaired) electrons. The van der Waals surface area contributed by atoms with Crippen LogP contribution < -0.4 is 14.2 Å². The monoisotopic (exact) mass is 583 g/mol. The quantitative estimate of drug-likeness (QED) is 0.219. The van der Waals surface area contributed by atoms with Crippen LogP contribution in [0.3, 0.4) is 0 Å². The molecular formula is C19H26Cl2F2NO7PS2. The first kappa shape index (κ1) is 29.5. The van der Waals surface area contributed by atoms with Crippen molar-refractivity contribution in [3.8, 4) is 11.5 Å². The van der Waals surface area contributed by atoms with Crippen LogP contribution in [0.15, 0.2) is 4.21 Å². The van der Waals surface area contributed by atoms with Crippen molar-refractivity contribution in [1.29, 1.82) is 0 Å². The number of hydrogen-bond donors (Lipinski definition) is 1. The number of ether oxygens (including phenoxy) is 2. The Labute approximate surface area is 211 Å². The van der Waals surface area contributed by atoms with Gasteiger partial charge in [-0.15, -0.1) is 34.5 Å². The number of alkyl halides is 2. The third kappa shape index (κ3) is 6.53. The fraction of sp³-hybridized carbons (Fsp3) is 0.579. The maximum Gasteiger partial charge on any atom is 0.345 e. The third-order valence-electron chi connectivity index (χ3n) is 4.34. The smallest absolute Gasteiger partial charge is 0.345 e. The fourth-order valence-electron chi connectivity index (χ4n) is 3.08. The van der Waals surface area contributed by atoms with Gasteiger partial charge in [-0.25, -0.2) is 17.2 Å². The zero-order valence-electron chi connectivity index (χ0n) is 18.8. The second-order valence-corrected chi connectivity index (χ2v) is 12.3. The Bertz CT molecular complexity index is 1140. The molecule has 0 atom stereocenters. The normalized spacial score (nSPS) is 12.4. The third-order valence-corrected chi connectivity index (χ3v) is 9.90. The van der Waals surface area contributed by atoms with E-state index < -0.39 is 47.0 Å². The first-order chi connectivity index (χ1) is 16.1. The summed E-state index contributed by atoms with van der Waals surface area (Å²) in [4.78, 5) is 0. The minimum atomic E-state index is -4.35. The van der Waals surface area contributed by atoms with E-state index in [4.69, 9.17) is 41.7 Å². The summed E-state index contributed by atoms with van der Waals surface area (Å²) in [6, 6.07) is 0. The summed E-state index contributed by atoms with van der Waals surface area (Å²) < 4.78 is 92.2. The standard InChI is InChI=1S/C19H26Cl2F2NO7PS2/c1-4-12-13-14(22)16(28-9-7-20)17(29-10-8-21)15(23)18(13)33-19(12)34(26,27)24-11-32(25,30-5-2)31-6-3/h24H,4-11H2,1-3H3. The summed E-state index contributed by atoms with van der Waals surface area (Å²) in [6.45, 7) is 4.57. The minimum Gasteiger partial charge on any atom is -0.486 e. The van der Waals surface area contributed by atoms with Crippen LogP contribution >= 0.6 is 42.1 Å². The maximum atomic E-state index is 15.5. The van der Waals surface area contributed by atoms with Gasteiger partial charge in [-0.3, -0.25) is 4.57 Å². The number of aryl methyl sites for hydroxylation is 1. The largest absolute Gasteiger partial charge is 0.486 e. The van der Waals surface area contributed by atoms with E-state index in [1.165, 1.54) is 0 Å². The topological polar surface area (TPSA) is 100 Å². The molecule has 0 aliphatic heterocycles. The Hall–Kier alpha value is -0.720. The summed E-state index contributed by atoms with van der Waals surface area (Å²) in [5.74, 6) is -2.99. The summed E-state index contributed by atoms with van der Waals surface area (Å²) in [7, 11) is -8.10. The number of halogens is 4. The van der Waals surface area contributed by atoms with Crippen molar-refractivity contribution in [2.24, 2.45) is 0 Å². The van der Waals surface area contributed by atoms with E-state index in [0.29, 0.717) is 11.3 Å². The molecule has 0 fully saturated rings. The molecular weight excluding hydrogens is 558 g/mol. The number of fused-ring (bicyclic) bond motifs is 1. The molecule has 0 aliphatic rings. The Morgan fingerprint density at radius 3 is 1.97 bits per heavy atom. The molecule has 0 saturated carbocycles. The molecule has 0 unspecified atom stereocenters. The molecule has 1 aromatic carbocycles. The van der Waals surface area contributed by atoms with Crippen LogP contribution in [-0.4, -0.2) is 52.9 Å². The maximum absolute atomic E-state index is 15.5. The van der Waals surface area contributed by atoms with Crippen LogP contribution in [0, 0.1) is 11.6 Å². The molecule has 2 aromatic rings. The van der Waals surface area contributed by atoms with E-state index in [0.717, 1.165) is 0 Å². The van der Waals surface area contributed by atoms with Crippen molar-refractivity contribution in [1.82, 2.24) is 4.72 Å². The Kier molecular flexibility index (Phi) is 11.3. The molecule has 1 N–H and O–H groups in total. The average molecular weight is 584 g/mol. The second-order valence-electron chi connectivity index (χ2n) is 6.54. The lowest BCUT2D eigenvalue weighted by atomic mass is 10.1. The molecule has 15 heteroatoms. The zero-order valence-corrected chi connectivity index (χ0v) is 22.8. The molecule has 0 saturated heterocycles. The molecule has 0 bridgehead atoms. The van der Waals surface area contributed by atoms with Gasteiger partial charge in [0.25, 0.3) is 10.0 Å². The van der Waals surface area contributed by atoms with Gasteiger partial charge < -0.3 is 18.5 Å². The van der Waals surface area contributed by atoms with E-state index in [9.17, 15) is 13.0 Å². The van der Waals surface area contributed by atoms with Crippen molar-refractivity contribution in [3.63, 3.8) is 0 Å². The van der Waals surface area contributed by atoms with Crippen molar-refractivity contribution >= 4 is 62.2 Å². The molecule has 1 aromatic heterocycles. The lowest BCUT2D eigenvalue weighted by Gasteiger charge is -2.17. The molecule has 0 amide bonds. The van der Waals surface area contributed by atoms with E-state index in [1.807, 2.05) is 0 Å². The first-order valence-electron chi connectivity index (χ1n) is 10.3. The Morgan fingerprint density at radius 1 is 0.971 bits per heavy atom. The summed E-state index contributed by atoms with van der Waals surface area (Å²) in [6.07, 6.45) is -0.592. The lowest BCUT2D eigenvalue weighted by Crippen LogP contribution is -2.26. The van der Waals surface area contributed by atoms with Gasteiger partial charge in [0.05, 0.1) is 29.7 Å². The van der Waals surface area contributed by atoms with Gasteiger partial charge in [0, 0.05) is 5.39 Å². The van der Waals surface area contributed by atoms with Crippen molar-refractivity contribution in [2.75, 3.05) is 44.5 Å². The van der Waals surface area contributed by atoms with Gasteiger partial charge in [-0.05, 0) is 25.8 Å². The fourth-order valence-corrected chi connectivity index (χ4v) is 8.21. The van der Waals surface area contributed by atoms with E-state index >= 15 is 8.78 Å². The molecule has 1 heterocycles. The van der Waals surface area contributed by atoms with Crippen LogP contribution in [0.2, 0.25) is 0 Å². The van der Waals surface area contributed by atoms with E-state index in [2.05, 4.69) is 4.72 Å². The number of thiophene rings is 1. The highest BCUT2D eigenvalue weighted by molar-refractivity contribution is 7.92. The van der Waals surface area contributed by atoms with Crippen LogP contribution in [0.4, 0.5) is 8.78 Å². The number of sulfonamides is 1. The van der Waals surface area contributed by atoms with Gasteiger partial charge in [-0.2, -0.15) is 4.72 Å². The van der Waals surface area contributed by atoms with Gasteiger partial charge in [-0.1, -0.05) is 6.92 Å². The van der Waals surface area contributed by atoms with Crippen LogP contribution in [0.1, 0.15) is 26.3 Å². The Balaban J connectivity index is 2.64. The van der Waals surface area contributed by atoms with Crippen molar-refractivity contribution in [3.05, 3.63) is 17.2 Å². The van der Waals surface area contributed by atoms with Crippen LogP contribution in [0.5, 0.6) is 11.5 Å². The summed E-state index contributed by atoms with van der Waals surface area (Å²) >= 11 is 11.8. The predicted octanol–water partition coefficient (Wildman–Crippen LogP) is 5.48. The highest BCUT2D eigenvalue weighted by atomic mass is 35.5. The second kappa shape index (κ2) is 13.0. The number of rotatable bonds is 15. The van der Waals surface area contributed by atoms with Crippen molar-refractivity contribution < 1.29 is 40.3 Å². The summed E-state index contributed by atoms with van der Waals surface area (Å²) in [5.41, 5.74) is 0.0335. The van der Waals surface area contributed by atoms with E-state index in [-0.39, 0.29) is 64.5 Å². The van der Waals surface area contributed by atoms with Gasteiger partial charge in [0.15, 0.2) is 11.6 Å². The summed E-state index contributed by atoms with van der Waals surface area (Å²) in [5, 5.41) is -0.244. The SMILES string of the molecule is CCOP(=O)(CNS(=O)(=O)c1sc2c(F)c(OCCCl)c(OCCCl)c(F)c2c1CC)OCC. The molecule has 0 aliphatic carbocycles. The molecule has 194 valence electrons. The van der Waals surface area contributed by atoms with E-state index in [1.54, 1.807) is 20.8 Å². The van der Waals surface area contributed by atoms with Gasteiger partial charge in [0.1, 0.15) is 23.7 Å². The first-order valence-corrected chi connectivity index (χ1v) is 15.4. The minimum absolute atomic E-state index is 0.00157. The zero-order chi connectivity index (χ0) is 25.5. The Morgan fingerprint density at radius 2 is 1.50 bits per heavy atom. The highest BCUT2D eigenvalue weighted by Gasteiger charge is 2.33. The van der Waals surface area contributed by atoms with Gasteiger partial charge in [0.2, 0.25) is 11.5 Å². The van der Waals surface area contributed by atoms with Crippen LogP contribution in [0.25, 0.3) is 10.1 Å². The number of benzene rings is 1. The van der Waals surface area contributed by atoms with Crippen molar-refractivity contribution in [2.45, 2.75) is 31.4 Å². The lowest BCUT2D eigenvalue weighted by molar-refractivity contribution is 0.219.